The Balaban J connectivity index is 1.44. The molecule has 0 aliphatic rings. The van der Waals surface area contributed by atoms with Crippen molar-refractivity contribution in [2.24, 2.45) is 0 Å². The highest BCUT2D eigenvalue weighted by Crippen LogP contribution is 2.31. The number of benzene rings is 2. The number of methoxy groups -OCH3 is 1. The van der Waals surface area contributed by atoms with Gasteiger partial charge in [-0.15, -0.1) is 10.2 Å². The smallest absolute Gasteiger partial charge is 0.277 e. The average molecular weight is 392 g/mol. The number of aryl methyl sites for hydroxylation is 2. The summed E-state index contributed by atoms with van der Waals surface area (Å²) in [5.74, 6) is 1.91. The summed E-state index contributed by atoms with van der Waals surface area (Å²) in [6.45, 7) is 4.05. The second-order valence-corrected chi connectivity index (χ2v) is 7.29. The monoisotopic (exact) mass is 392 g/mol. The van der Waals surface area contributed by atoms with Crippen LogP contribution >= 0.6 is 11.8 Å². The normalized spacial score (nSPS) is 11.0. The number of ether oxygens (including phenoxy) is 1. The van der Waals surface area contributed by atoms with Crippen molar-refractivity contribution in [2.45, 2.75) is 24.8 Å². The minimum absolute atomic E-state index is 0.458. The van der Waals surface area contributed by atoms with Gasteiger partial charge in [0, 0.05) is 11.4 Å². The molecule has 2 heterocycles. The highest BCUT2D eigenvalue weighted by Gasteiger charge is 2.13. The first kappa shape index (κ1) is 18.3. The number of nitrogens with zero attached hydrogens (tertiary/aromatic N) is 4. The van der Waals surface area contributed by atoms with Crippen molar-refractivity contribution in [1.82, 2.24) is 20.0 Å². The molecule has 4 rings (SSSR count). The number of rotatable bonds is 6. The van der Waals surface area contributed by atoms with E-state index in [4.69, 9.17) is 9.15 Å². The van der Waals surface area contributed by atoms with E-state index in [9.17, 15) is 0 Å². The Hall–Kier alpha value is -3.06. The Bertz CT molecular complexity index is 1090. The van der Waals surface area contributed by atoms with Crippen LogP contribution in [0, 0.1) is 13.8 Å². The molecule has 0 saturated heterocycles. The first-order valence-corrected chi connectivity index (χ1v) is 9.85. The zero-order valence-corrected chi connectivity index (χ0v) is 16.7. The van der Waals surface area contributed by atoms with Crippen molar-refractivity contribution < 1.29 is 9.15 Å². The van der Waals surface area contributed by atoms with Crippen molar-refractivity contribution in [2.75, 3.05) is 7.11 Å². The Kier molecular flexibility index (Phi) is 5.16. The largest absolute Gasteiger partial charge is 0.496 e. The van der Waals surface area contributed by atoms with E-state index in [1.54, 1.807) is 7.11 Å². The summed E-state index contributed by atoms with van der Waals surface area (Å²) >= 11 is 1.51. The van der Waals surface area contributed by atoms with Gasteiger partial charge in [-0.2, -0.15) is 5.10 Å². The van der Waals surface area contributed by atoms with Crippen LogP contribution in [0.2, 0.25) is 0 Å². The first-order valence-electron chi connectivity index (χ1n) is 8.86. The van der Waals surface area contributed by atoms with Crippen LogP contribution < -0.4 is 4.74 Å². The molecule has 142 valence electrons. The second kappa shape index (κ2) is 7.90. The molecule has 2 aromatic heterocycles. The van der Waals surface area contributed by atoms with E-state index in [1.165, 1.54) is 17.3 Å². The lowest BCUT2D eigenvalue weighted by molar-refractivity contribution is 0.411. The van der Waals surface area contributed by atoms with E-state index in [0.717, 1.165) is 28.4 Å². The fourth-order valence-corrected chi connectivity index (χ4v) is 3.69. The van der Waals surface area contributed by atoms with Crippen LogP contribution in [0.4, 0.5) is 0 Å². The van der Waals surface area contributed by atoms with E-state index < -0.39 is 0 Å². The summed E-state index contributed by atoms with van der Waals surface area (Å²) in [4.78, 5) is 0. The van der Waals surface area contributed by atoms with Crippen molar-refractivity contribution in [1.29, 1.82) is 0 Å². The van der Waals surface area contributed by atoms with E-state index >= 15 is 0 Å². The van der Waals surface area contributed by atoms with Gasteiger partial charge < -0.3 is 9.15 Å². The molecule has 0 aliphatic heterocycles. The molecule has 0 atom stereocenters. The number of thioether (sulfide) groups is 1. The van der Waals surface area contributed by atoms with Gasteiger partial charge in [0.1, 0.15) is 5.75 Å². The maximum atomic E-state index is 5.79. The van der Waals surface area contributed by atoms with Gasteiger partial charge in [0.05, 0.1) is 24.1 Å². The van der Waals surface area contributed by atoms with Crippen LogP contribution in [-0.4, -0.2) is 27.1 Å². The molecule has 0 unspecified atom stereocenters. The van der Waals surface area contributed by atoms with Crippen LogP contribution in [0.25, 0.3) is 17.1 Å². The highest BCUT2D eigenvalue weighted by molar-refractivity contribution is 7.98. The molecular formula is C21H20N4O2S. The molecule has 28 heavy (non-hydrogen) atoms. The summed E-state index contributed by atoms with van der Waals surface area (Å²) in [5, 5.41) is 13.3. The topological polar surface area (TPSA) is 66.0 Å². The number of hydrogen-bond donors (Lipinski definition) is 0. The van der Waals surface area contributed by atoms with E-state index in [0.29, 0.717) is 16.9 Å². The highest BCUT2D eigenvalue weighted by atomic mass is 32.2. The lowest BCUT2D eigenvalue weighted by Gasteiger charge is -2.05. The Morgan fingerprint density at radius 2 is 1.82 bits per heavy atom. The van der Waals surface area contributed by atoms with Crippen molar-refractivity contribution in [3.8, 4) is 22.9 Å². The molecule has 4 aromatic rings. The van der Waals surface area contributed by atoms with Crippen LogP contribution in [0.3, 0.4) is 0 Å². The predicted octanol–water partition coefficient (Wildman–Crippen LogP) is 4.84. The van der Waals surface area contributed by atoms with Crippen LogP contribution in [0.15, 0.2) is 64.2 Å². The summed E-state index contributed by atoms with van der Waals surface area (Å²) < 4.78 is 13.1. The van der Waals surface area contributed by atoms with Crippen LogP contribution in [0.5, 0.6) is 5.75 Å². The molecular weight excluding hydrogens is 372 g/mol. The van der Waals surface area contributed by atoms with Crippen molar-refractivity contribution >= 4 is 11.8 Å². The third-order valence-electron chi connectivity index (χ3n) is 4.30. The van der Waals surface area contributed by atoms with Gasteiger partial charge in [-0.05, 0) is 49.7 Å². The third kappa shape index (κ3) is 3.80. The number of para-hydroxylation sites is 1. The molecule has 0 N–H and O–H groups in total. The predicted molar refractivity (Wildman–Crippen MR) is 109 cm³/mol. The quantitative estimate of drug-likeness (QED) is 0.438. The second-order valence-electron chi connectivity index (χ2n) is 6.37. The molecule has 0 saturated carbocycles. The zero-order valence-electron chi connectivity index (χ0n) is 15.9. The molecule has 0 bridgehead atoms. The molecule has 6 nitrogen and oxygen atoms in total. The van der Waals surface area contributed by atoms with Crippen LogP contribution in [0.1, 0.15) is 17.0 Å². The number of hydrogen-bond acceptors (Lipinski definition) is 6. The lowest BCUT2D eigenvalue weighted by Crippen LogP contribution is -1.98. The summed E-state index contributed by atoms with van der Waals surface area (Å²) in [7, 11) is 1.63. The third-order valence-corrected chi connectivity index (χ3v) is 5.19. The SMILES string of the molecule is COc1ccccc1-c1nnc(SCc2ccc(-n3nc(C)cc3C)cc2)o1. The van der Waals surface area contributed by atoms with Crippen LogP contribution in [-0.2, 0) is 5.75 Å². The fraction of sp³-hybridized carbons (Fsp3) is 0.190. The summed E-state index contributed by atoms with van der Waals surface area (Å²) in [5.41, 5.74) is 5.15. The zero-order chi connectivity index (χ0) is 19.5. The van der Waals surface area contributed by atoms with Gasteiger partial charge >= 0.3 is 0 Å². The first-order chi connectivity index (χ1) is 13.6. The van der Waals surface area contributed by atoms with E-state index in [1.807, 2.05) is 35.9 Å². The number of aromatic nitrogens is 4. The van der Waals surface area contributed by atoms with Gasteiger partial charge in [0.15, 0.2) is 0 Å². The average Bonchev–Trinajstić information content (AvgIpc) is 3.32. The fourth-order valence-electron chi connectivity index (χ4n) is 2.97. The van der Waals surface area contributed by atoms with E-state index in [-0.39, 0.29) is 0 Å². The molecule has 0 spiro atoms. The Morgan fingerprint density at radius 1 is 1.04 bits per heavy atom. The molecule has 0 radical (unpaired) electrons. The molecule has 2 aromatic carbocycles. The molecule has 0 aliphatic carbocycles. The standard InChI is InChI=1S/C21H20N4O2S/c1-14-12-15(2)25(24-14)17-10-8-16(9-11-17)13-28-21-23-22-20(27-21)18-6-4-5-7-19(18)26-3/h4-12H,13H2,1-3H3. The van der Waals surface area contributed by atoms with Gasteiger partial charge in [-0.3, -0.25) is 0 Å². The van der Waals surface area contributed by atoms with Gasteiger partial charge in [0.2, 0.25) is 0 Å². The van der Waals surface area contributed by atoms with Gasteiger partial charge in [-0.1, -0.05) is 36.0 Å². The minimum atomic E-state index is 0.458. The van der Waals surface area contributed by atoms with Crippen molar-refractivity contribution in [3.05, 3.63) is 71.5 Å². The summed E-state index contributed by atoms with van der Waals surface area (Å²) in [6, 6.07) is 18.0. The Morgan fingerprint density at radius 3 is 2.54 bits per heavy atom. The molecule has 7 heteroatoms. The maximum Gasteiger partial charge on any atom is 0.277 e. The van der Waals surface area contributed by atoms with E-state index in [2.05, 4.69) is 52.6 Å². The summed E-state index contributed by atoms with van der Waals surface area (Å²) in [6.07, 6.45) is 0. The van der Waals surface area contributed by atoms with Gasteiger partial charge in [0.25, 0.3) is 11.1 Å². The van der Waals surface area contributed by atoms with Crippen molar-refractivity contribution in [3.63, 3.8) is 0 Å². The van der Waals surface area contributed by atoms with Gasteiger partial charge in [-0.25, -0.2) is 4.68 Å². The molecule has 0 amide bonds. The minimum Gasteiger partial charge on any atom is -0.496 e. The Labute approximate surface area is 167 Å². The molecule has 0 fully saturated rings. The lowest BCUT2D eigenvalue weighted by atomic mass is 10.2. The maximum absolute atomic E-state index is 5.79.